The molecule has 2 N–H and O–H groups in total. The van der Waals surface area contributed by atoms with Gasteiger partial charge in [0.05, 0.1) is 12.6 Å². The number of benzene rings is 1. The molecule has 0 radical (unpaired) electrons. The molecule has 2 nitrogen and oxygen atoms in total. The molecule has 0 spiro atoms. The summed E-state index contributed by atoms with van der Waals surface area (Å²) in [6.45, 7) is 0.812. The summed E-state index contributed by atoms with van der Waals surface area (Å²) in [4.78, 5) is 0. The Morgan fingerprint density at radius 3 is 2.82 bits per heavy atom. The van der Waals surface area contributed by atoms with Gasteiger partial charge in [0.15, 0.2) is 0 Å². The lowest BCUT2D eigenvalue weighted by atomic mass is 9.80. The quantitative estimate of drug-likeness (QED) is 0.845. The van der Waals surface area contributed by atoms with Gasteiger partial charge in [0.2, 0.25) is 0 Å². The molecular weight excluding hydrogens is 210 g/mol. The first-order chi connectivity index (χ1) is 8.34. The third-order valence-corrected chi connectivity index (χ3v) is 3.95. The van der Waals surface area contributed by atoms with E-state index in [-0.39, 0.29) is 6.04 Å². The van der Waals surface area contributed by atoms with E-state index in [1.54, 1.807) is 0 Å². The van der Waals surface area contributed by atoms with Crippen LogP contribution in [0, 0.1) is 5.92 Å². The van der Waals surface area contributed by atoms with Gasteiger partial charge in [-0.05, 0) is 42.4 Å². The molecule has 2 unspecified atom stereocenters. The van der Waals surface area contributed by atoms with Crippen LogP contribution in [0.3, 0.4) is 0 Å². The molecule has 0 fully saturated rings. The van der Waals surface area contributed by atoms with Gasteiger partial charge in [0, 0.05) is 6.42 Å². The van der Waals surface area contributed by atoms with Crippen LogP contribution in [-0.2, 0) is 17.6 Å². The van der Waals surface area contributed by atoms with Gasteiger partial charge in [-0.15, -0.1) is 0 Å². The highest BCUT2D eigenvalue weighted by Gasteiger charge is 2.27. The van der Waals surface area contributed by atoms with E-state index in [9.17, 15) is 0 Å². The Kier molecular flexibility index (Phi) is 2.89. The average Bonchev–Trinajstić information content (AvgIpc) is 2.91. The maximum Gasteiger partial charge on any atom is 0.109 e. The molecule has 1 aromatic carbocycles. The lowest BCUT2D eigenvalue weighted by Gasteiger charge is -2.29. The van der Waals surface area contributed by atoms with Crippen LogP contribution in [0.1, 0.15) is 24.0 Å². The van der Waals surface area contributed by atoms with Crippen molar-refractivity contribution in [2.75, 3.05) is 6.61 Å². The zero-order valence-corrected chi connectivity index (χ0v) is 10.1. The first kappa shape index (κ1) is 10.8. The fraction of sp³-hybridized carbons (Fsp3) is 0.467. The van der Waals surface area contributed by atoms with Gasteiger partial charge < -0.3 is 10.5 Å². The van der Waals surface area contributed by atoms with E-state index in [4.69, 9.17) is 10.5 Å². The lowest BCUT2D eigenvalue weighted by Crippen LogP contribution is -2.35. The topological polar surface area (TPSA) is 35.2 Å². The third-order valence-electron chi connectivity index (χ3n) is 3.95. The Hall–Kier alpha value is -1.28. The molecule has 1 aliphatic carbocycles. The van der Waals surface area contributed by atoms with E-state index >= 15 is 0 Å². The highest BCUT2D eigenvalue weighted by Crippen LogP contribution is 2.30. The molecule has 90 valence electrons. The Bertz CT molecular complexity index is 438. The second-order valence-corrected chi connectivity index (χ2v) is 5.04. The molecule has 0 bridgehead atoms. The summed E-state index contributed by atoms with van der Waals surface area (Å²) in [6.07, 6.45) is 6.61. The number of hydrogen-bond donors (Lipinski definition) is 1. The molecule has 1 aromatic rings. The van der Waals surface area contributed by atoms with Crippen LogP contribution in [0.5, 0.6) is 0 Å². The molecule has 0 saturated heterocycles. The van der Waals surface area contributed by atoms with Crippen molar-refractivity contribution < 1.29 is 4.74 Å². The molecule has 1 aliphatic heterocycles. The maximum atomic E-state index is 6.32. The van der Waals surface area contributed by atoms with Crippen molar-refractivity contribution in [3.8, 4) is 0 Å². The fourth-order valence-electron chi connectivity index (χ4n) is 2.93. The van der Waals surface area contributed by atoms with E-state index in [1.165, 1.54) is 17.5 Å². The van der Waals surface area contributed by atoms with E-state index < -0.39 is 0 Å². The van der Waals surface area contributed by atoms with E-state index in [2.05, 4.69) is 30.3 Å². The van der Waals surface area contributed by atoms with Gasteiger partial charge in [-0.3, -0.25) is 0 Å². The lowest BCUT2D eigenvalue weighted by molar-refractivity contribution is 0.202. The van der Waals surface area contributed by atoms with Crippen LogP contribution in [0.25, 0.3) is 0 Å². The Morgan fingerprint density at radius 2 is 2.06 bits per heavy atom. The van der Waals surface area contributed by atoms with Crippen LogP contribution >= 0.6 is 0 Å². The van der Waals surface area contributed by atoms with Gasteiger partial charge in [0.25, 0.3) is 0 Å². The summed E-state index contributed by atoms with van der Waals surface area (Å²) in [5, 5.41) is 0. The summed E-state index contributed by atoms with van der Waals surface area (Å²) in [6, 6.07) is 8.81. The first-order valence-corrected chi connectivity index (χ1v) is 6.50. The zero-order chi connectivity index (χ0) is 11.7. The highest BCUT2D eigenvalue weighted by molar-refractivity contribution is 5.30. The van der Waals surface area contributed by atoms with Crippen molar-refractivity contribution in [2.24, 2.45) is 11.7 Å². The largest absolute Gasteiger partial charge is 0.496 e. The van der Waals surface area contributed by atoms with E-state index in [0.29, 0.717) is 5.92 Å². The molecule has 2 aliphatic rings. The second kappa shape index (κ2) is 4.53. The highest BCUT2D eigenvalue weighted by atomic mass is 16.5. The zero-order valence-electron chi connectivity index (χ0n) is 10.1. The molecule has 17 heavy (non-hydrogen) atoms. The molecule has 2 atom stereocenters. The minimum absolute atomic E-state index is 0.0888. The molecule has 0 amide bonds. The van der Waals surface area contributed by atoms with Crippen molar-refractivity contribution in [2.45, 2.75) is 31.7 Å². The van der Waals surface area contributed by atoms with Gasteiger partial charge in [-0.1, -0.05) is 24.3 Å². The Balaban J connectivity index is 1.75. The van der Waals surface area contributed by atoms with Gasteiger partial charge in [-0.25, -0.2) is 0 Å². The van der Waals surface area contributed by atoms with Crippen LogP contribution in [-0.4, -0.2) is 12.6 Å². The van der Waals surface area contributed by atoms with Gasteiger partial charge in [0.1, 0.15) is 5.76 Å². The average molecular weight is 229 g/mol. The smallest absolute Gasteiger partial charge is 0.109 e. The predicted molar refractivity (Wildman–Crippen MR) is 68.6 cm³/mol. The number of nitrogens with two attached hydrogens (primary N) is 1. The van der Waals surface area contributed by atoms with E-state index in [1.807, 2.05) is 0 Å². The van der Waals surface area contributed by atoms with Crippen molar-refractivity contribution in [3.05, 3.63) is 47.2 Å². The third kappa shape index (κ3) is 2.09. The predicted octanol–water partition coefficient (Wildman–Crippen LogP) is 2.42. The van der Waals surface area contributed by atoms with Crippen LogP contribution in [0.2, 0.25) is 0 Å². The van der Waals surface area contributed by atoms with Crippen molar-refractivity contribution in [1.82, 2.24) is 0 Å². The monoisotopic (exact) mass is 229 g/mol. The molecule has 0 aromatic heterocycles. The Labute approximate surface area is 102 Å². The number of fused-ring (bicyclic) bond motifs is 1. The van der Waals surface area contributed by atoms with Gasteiger partial charge in [-0.2, -0.15) is 0 Å². The standard InChI is InChI=1S/C15H19NO/c16-15(14-6-3-9-17-14)13-8-7-11-4-1-2-5-12(11)10-13/h1-2,4-6,13,15H,3,7-10,16H2. The molecule has 0 saturated carbocycles. The summed E-state index contributed by atoms with van der Waals surface area (Å²) in [7, 11) is 0. The minimum Gasteiger partial charge on any atom is -0.496 e. The molecule has 3 rings (SSSR count). The van der Waals surface area contributed by atoms with Crippen LogP contribution in [0.4, 0.5) is 0 Å². The van der Waals surface area contributed by atoms with Crippen molar-refractivity contribution >= 4 is 0 Å². The fourth-order valence-corrected chi connectivity index (χ4v) is 2.93. The molecular formula is C15H19NO. The van der Waals surface area contributed by atoms with Gasteiger partial charge >= 0.3 is 0 Å². The maximum absolute atomic E-state index is 6.32. The van der Waals surface area contributed by atoms with Crippen molar-refractivity contribution in [1.29, 1.82) is 0 Å². The molecule has 2 heteroatoms. The molecule has 1 heterocycles. The van der Waals surface area contributed by atoms with Crippen LogP contribution < -0.4 is 5.73 Å². The first-order valence-electron chi connectivity index (χ1n) is 6.50. The summed E-state index contributed by atoms with van der Waals surface area (Å²) >= 11 is 0. The number of aryl methyl sites for hydroxylation is 1. The summed E-state index contributed by atoms with van der Waals surface area (Å²) in [5.74, 6) is 1.56. The Morgan fingerprint density at radius 1 is 1.24 bits per heavy atom. The van der Waals surface area contributed by atoms with Crippen LogP contribution in [0.15, 0.2) is 36.1 Å². The van der Waals surface area contributed by atoms with E-state index in [0.717, 1.165) is 31.6 Å². The second-order valence-electron chi connectivity index (χ2n) is 5.04. The summed E-state index contributed by atoms with van der Waals surface area (Å²) < 4.78 is 5.59. The number of hydrogen-bond acceptors (Lipinski definition) is 2. The number of ether oxygens (including phenoxy) is 1. The summed E-state index contributed by atoms with van der Waals surface area (Å²) in [5.41, 5.74) is 9.29. The number of rotatable bonds is 2. The minimum atomic E-state index is 0.0888. The SMILES string of the molecule is NC(C1=CCCO1)C1CCc2ccccc2C1. The van der Waals surface area contributed by atoms with Crippen molar-refractivity contribution in [3.63, 3.8) is 0 Å². The normalized spacial score (nSPS) is 24.8.